The fraction of sp³-hybridized carbons (Fsp3) is 0.0769. The van der Waals surface area contributed by atoms with Crippen molar-refractivity contribution in [2.75, 3.05) is 5.32 Å². The standard InChI is InChI=1S/C26H19ClFN5/c1-16(21-10-19(2-4-24(21)28)20-12-30-15-31-13-20)33-26-22-11-18(17-6-8-29-9-7-17)3-5-25(22)32-14-23(26)27/h2-16H,1H3,(H,32,33)/t16-/m1/s1. The van der Waals surface area contributed by atoms with Crippen molar-refractivity contribution in [1.82, 2.24) is 19.9 Å². The van der Waals surface area contributed by atoms with Gasteiger partial charge in [0, 0.05) is 47.5 Å². The first-order valence-corrected chi connectivity index (χ1v) is 10.8. The van der Waals surface area contributed by atoms with E-state index in [1.165, 1.54) is 12.4 Å². The number of hydrogen-bond acceptors (Lipinski definition) is 5. The van der Waals surface area contributed by atoms with E-state index in [0.717, 1.165) is 33.2 Å². The van der Waals surface area contributed by atoms with Gasteiger partial charge in [-0.05, 0) is 60.0 Å². The van der Waals surface area contributed by atoms with E-state index in [2.05, 4.69) is 25.3 Å². The monoisotopic (exact) mass is 455 g/mol. The van der Waals surface area contributed by atoms with E-state index in [-0.39, 0.29) is 11.9 Å². The van der Waals surface area contributed by atoms with Crippen LogP contribution in [0.25, 0.3) is 33.2 Å². The van der Waals surface area contributed by atoms with Crippen LogP contribution in [-0.2, 0) is 0 Å². The molecule has 0 saturated carbocycles. The van der Waals surface area contributed by atoms with Gasteiger partial charge in [-0.3, -0.25) is 9.97 Å². The predicted octanol–water partition coefficient (Wildman–Crippen LogP) is 6.72. The van der Waals surface area contributed by atoms with E-state index in [9.17, 15) is 4.39 Å². The lowest BCUT2D eigenvalue weighted by atomic mass is 10.00. The minimum atomic E-state index is -0.359. The third kappa shape index (κ3) is 4.25. The number of hydrogen-bond donors (Lipinski definition) is 1. The minimum absolute atomic E-state index is 0.303. The van der Waals surface area contributed by atoms with Gasteiger partial charge in [-0.25, -0.2) is 14.4 Å². The maximum atomic E-state index is 14.8. The molecule has 0 aliphatic heterocycles. The Morgan fingerprint density at radius 1 is 0.818 bits per heavy atom. The molecular formula is C26H19ClFN5. The van der Waals surface area contributed by atoms with Crippen LogP contribution in [0.2, 0.25) is 5.02 Å². The number of pyridine rings is 2. The highest BCUT2D eigenvalue weighted by Gasteiger charge is 2.16. The molecular weight excluding hydrogens is 437 g/mol. The maximum absolute atomic E-state index is 14.8. The molecule has 3 heterocycles. The van der Waals surface area contributed by atoms with E-state index >= 15 is 0 Å². The molecule has 0 aliphatic rings. The maximum Gasteiger partial charge on any atom is 0.128 e. The zero-order valence-electron chi connectivity index (χ0n) is 17.7. The number of nitrogens with zero attached hydrogens (tertiary/aromatic N) is 4. The van der Waals surface area contributed by atoms with Crippen molar-refractivity contribution in [3.63, 3.8) is 0 Å². The van der Waals surface area contributed by atoms with E-state index in [1.807, 2.05) is 43.3 Å². The normalized spacial score (nSPS) is 12.0. The highest BCUT2D eigenvalue weighted by atomic mass is 35.5. The molecule has 1 atom stereocenters. The number of benzene rings is 2. The molecule has 5 nitrogen and oxygen atoms in total. The molecule has 33 heavy (non-hydrogen) atoms. The average Bonchev–Trinajstić information content (AvgIpc) is 2.86. The summed E-state index contributed by atoms with van der Waals surface area (Å²) in [5, 5.41) is 4.74. The molecule has 5 aromatic rings. The Bertz CT molecular complexity index is 1430. The van der Waals surface area contributed by atoms with Crippen LogP contribution in [0.3, 0.4) is 0 Å². The van der Waals surface area contributed by atoms with Crippen molar-refractivity contribution in [3.8, 4) is 22.3 Å². The van der Waals surface area contributed by atoms with Crippen LogP contribution in [0.4, 0.5) is 10.1 Å². The van der Waals surface area contributed by atoms with Gasteiger partial charge in [0.05, 0.1) is 22.3 Å². The Morgan fingerprint density at radius 2 is 1.55 bits per heavy atom. The third-order valence-electron chi connectivity index (χ3n) is 5.55. The number of nitrogens with one attached hydrogen (secondary N) is 1. The van der Waals surface area contributed by atoms with Gasteiger partial charge in [0.15, 0.2) is 0 Å². The predicted molar refractivity (Wildman–Crippen MR) is 129 cm³/mol. The van der Waals surface area contributed by atoms with E-state index in [0.29, 0.717) is 16.3 Å². The Balaban J connectivity index is 1.54. The van der Waals surface area contributed by atoms with Gasteiger partial charge in [0.2, 0.25) is 0 Å². The van der Waals surface area contributed by atoms with Crippen LogP contribution in [0.1, 0.15) is 18.5 Å². The van der Waals surface area contributed by atoms with Crippen molar-refractivity contribution in [2.24, 2.45) is 0 Å². The fourth-order valence-electron chi connectivity index (χ4n) is 3.84. The molecule has 0 radical (unpaired) electrons. The first kappa shape index (κ1) is 21.0. The number of anilines is 1. The van der Waals surface area contributed by atoms with E-state index in [1.54, 1.807) is 37.1 Å². The summed E-state index contributed by atoms with van der Waals surface area (Å²) in [5.74, 6) is -0.303. The van der Waals surface area contributed by atoms with Gasteiger partial charge in [0.1, 0.15) is 12.1 Å². The number of rotatable bonds is 5. The van der Waals surface area contributed by atoms with Crippen molar-refractivity contribution >= 4 is 28.2 Å². The molecule has 5 rings (SSSR count). The number of aromatic nitrogens is 4. The van der Waals surface area contributed by atoms with Gasteiger partial charge in [-0.1, -0.05) is 23.7 Å². The van der Waals surface area contributed by atoms with Crippen LogP contribution in [0.5, 0.6) is 0 Å². The Morgan fingerprint density at radius 3 is 2.33 bits per heavy atom. The zero-order valence-corrected chi connectivity index (χ0v) is 18.5. The van der Waals surface area contributed by atoms with Gasteiger partial charge >= 0.3 is 0 Å². The van der Waals surface area contributed by atoms with Crippen molar-refractivity contribution in [1.29, 1.82) is 0 Å². The van der Waals surface area contributed by atoms with Crippen LogP contribution in [0, 0.1) is 5.82 Å². The van der Waals surface area contributed by atoms with Crippen LogP contribution in [0.15, 0.2) is 85.8 Å². The highest BCUT2D eigenvalue weighted by molar-refractivity contribution is 6.34. The summed E-state index contributed by atoms with van der Waals surface area (Å²) < 4.78 is 14.8. The fourth-order valence-corrected chi connectivity index (χ4v) is 4.04. The van der Waals surface area contributed by atoms with Gasteiger partial charge in [-0.2, -0.15) is 0 Å². The lowest BCUT2D eigenvalue weighted by Gasteiger charge is -2.20. The second kappa shape index (κ2) is 8.92. The molecule has 2 aromatic carbocycles. The SMILES string of the molecule is C[C@@H](Nc1c(Cl)cnc2ccc(-c3ccncc3)cc12)c1cc(-c2cncnc2)ccc1F. The molecule has 0 amide bonds. The lowest BCUT2D eigenvalue weighted by molar-refractivity contribution is 0.600. The quantitative estimate of drug-likeness (QED) is 0.318. The van der Waals surface area contributed by atoms with Crippen molar-refractivity contribution in [2.45, 2.75) is 13.0 Å². The third-order valence-corrected chi connectivity index (χ3v) is 5.84. The summed E-state index contributed by atoms with van der Waals surface area (Å²) in [6.45, 7) is 1.90. The van der Waals surface area contributed by atoms with Crippen molar-refractivity contribution in [3.05, 3.63) is 102 Å². The second-order valence-corrected chi connectivity index (χ2v) is 8.09. The highest BCUT2D eigenvalue weighted by Crippen LogP contribution is 2.36. The summed E-state index contributed by atoms with van der Waals surface area (Å²) in [6, 6.07) is 14.5. The largest absolute Gasteiger partial charge is 0.377 e. The summed E-state index contributed by atoms with van der Waals surface area (Å²) in [4.78, 5) is 16.7. The van der Waals surface area contributed by atoms with Crippen molar-refractivity contribution < 1.29 is 4.39 Å². The van der Waals surface area contributed by atoms with E-state index < -0.39 is 0 Å². The van der Waals surface area contributed by atoms with Gasteiger partial charge in [-0.15, -0.1) is 0 Å². The molecule has 3 aromatic heterocycles. The van der Waals surface area contributed by atoms with E-state index in [4.69, 9.17) is 11.6 Å². The summed E-state index contributed by atoms with van der Waals surface area (Å²) in [7, 11) is 0. The molecule has 0 saturated heterocycles. The Labute approximate surface area is 195 Å². The molecule has 162 valence electrons. The van der Waals surface area contributed by atoms with Gasteiger partial charge < -0.3 is 5.32 Å². The molecule has 0 unspecified atom stereocenters. The average molecular weight is 456 g/mol. The molecule has 1 N–H and O–H groups in total. The minimum Gasteiger partial charge on any atom is -0.377 e. The molecule has 7 heteroatoms. The molecule has 0 fully saturated rings. The lowest BCUT2D eigenvalue weighted by Crippen LogP contribution is -2.10. The summed E-state index contributed by atoms with van der Waals surface area (Å²) in [5.41, 5.74) is 5.73. The smallest absolute Gasteiger partial charge is 0.128 e. The Kier molecular flexibility index (Phi) is 5.67. The van der Waals surface area contributed by atoms with Crippen LogP contribution < -0.4 is 5.32 Å². The zero-order chi connectivity index (χ0) is 22.8. The van der Waals surface area contributed by atoms with Crippen LogP contribution in [-0.4, -0.2) is 19.9 Å². The number of halogens is 2. The second-order valence-electron chi connectivity index (χ2n) is 7.68. The topological polar surface area (TPSA) is 63.6 Å². The number of fused-ring (bicyclic) bond motifs is 1. The molecule has 0 bridgehead atoms. The molecule has 0 aliphatic carbocycles. The first-order valence-electron chi connectivity index (χ1n) is 10.4. The molecule has 0 spiro atoms. The first-order chi connectivity index (χ1) is 16.1. The Hall–Kier alpha value is -3.90. The van der Waals surface area contributed by atoms with Crippen LogP contribution >= 0.6 is 11.6 Å². The summed E-state index contributed by atoms with van der Waals surface area (Å²) in [6.07, 6.45) is 10.00. The summed E-state index contributed by atoms with van der Waals surface area (Å²) >= 11 is 6.55. The van der Waals surface area contributed by atoms with Gasteiger partial charge in [0.25, 0.3) is 0 Å².